The number of rotatable bonds is 6. The van der Waals surface area contributed by atoms with Gasteiger partial charge in [-0.1, -0.05) is 18.2 Å². The molecule has 3 fully saturated rings. The van der Waals surface area contributed by atoms with Crippen molar-refractivity contribution < 1.29 is 27.5 Å². The maximum Gasteiger partial charge on any atom is 0.303 e. The number of hydrogen-bond donors (Lipinski definition) is 1. The molecular formula is C24H26F3N3O3. The number of aromatic nitrogens is 1. The molecule has 1 amide bonds. The number of alkyl halides is 2. The highest BCUT2D eigenvalue weighted by Crippen LogP contribution is 2.43. The lowest BCUT2D eigenvalue weighted by Gasteiger charge is -2.57. The van der Waals surface area contributed by atoms with E-state index in [2.05, 4.69) is 4.98 Å². The van der Waals surface area contributed by atoms with E-state index in [0.717, 1.165) is 12.8 Å². The number of benzene rings is 1. The number of amides is 1. The Bertz CT molecular complexity index is 1060. The third-order valence-electron chi connectivity index (χ3n) is 6.61. The van der Waals surface area contributed by atoms with Crippen LogP contribution < -0.4 is 5.73 Å². The molecular weight excluding hydrogens is 435 g/mol. The van der Waals surface area contributed by atoms with Crippen molar-refractivity contribution >= 4 is 11.9 Å². The van der Waals surface area contributed by atoms with Gasteiger partial charge in [0.15, 0.2) is 6.10 Å². The number of ether oxygens (including phenoxy) is 1. The van der Waals surface area contributed by atoms with Crippen LogP contribution in [0.3, 0.4) is 0 Å². The predicted molar refractivity (Wildman–Crippen MR) is 115 cm³/mol. The van der Waals surface area contributed by atoms with Gasteiger partial charge in [0, 0.05) is 24.6 Å². The van der Waals surface area contributed by atoms with Crippen molar-refractivity contribution in [2.75, 3.05) is 0 Å². The maximum absolute atomic E-state index is 15.5. The van der Waals surface area contributed by atoms with Gasteiger partial charge >= 0.3 is 5.97 Å². The Morgan fingerprint density at radius 2 is 1.91 bits per heavy atom. The molecule has 5 rings (SSSR count). The van der Waals surface area contributed by atoms with E-state index in [0.29, 0.717) is 5.56 Å². The van der Waals surface area contributed by atoms with Gasteiger partial charge in [0.2, 0.25) is 0 Å². The lowest BCUT2D eigenvalue weighted by Crippen LogP contribution is -2.70. The van der Waals surface area contributed by atoms with Crippen molar-refractivity contribution in [3.63, 3.8) is 0 Å². The third kappa shape index (κ3) is 4.46. The van der Waals surface area contributed by atoms with Crippen molar-refractivity contribution in [2.45, 2.75) is 63.8 Å². The van der Waals surface area contributed by atoms with E-state index in [4.69, 9.17) is 10.5 Å². The number of carbonyl (C=O) groups is 2. The summed E-state index contributed by atoms with van der Waals surface area (Å²) >= 11 is 0. The summed E-state index contributed by atoms with van der Waals surface area (Å²) in [7, 11) is 0. The molecule has 1 aromatic heterocycles. The van der Waals surface area contributed by atoms with Crippen molar-refractivity contribution in [3.05, 3.63) is 53.5 Å². The number of pyridine rings is 1. The molecule has 1 aromatic carbocycles. The molecule has 3 aliphatic rings. The molecule has 2 saturated heterocycles. The summed E-state index contributed by atoms with van der Waals surface area (Å²) in [6.07, 6.45) is -2.04. The predicted octanol–water partition coefficient (Wildman–Crippen LogP) is 3.64. The highest BCUT2D eigenvalue weighted by Gasteiger charge is 2.51. The average molecular weight is 461 g/mol. The summed E-state index contributed by atoms with van der Waals surface area (Å²) in [5, 5.41) is 0. The van der Waals surface area contributed by atoms with Crippen LogP contribution in [-0.4, -0.2) is 46.0 Å². The summed E-state index contributed by atoms with van der Waals surface area (Å²) in [6.45, 7) is 2.75. The topological polar surface area (TPSA) is 85.5 Å². The first-order valence-corrected chi connectivity index (χ1v) is 10.9. The third-order valence-corrected chi connectivity index (χ3v) is 6.61. The Morgan fingerprint density at radius 1 is 1.21 bits per heavy atom. The molecule has 176 valence electrons. The van der Waals surface area contributed by atoms with Gasteiger partial charge < -0.3 is 15.4 Å². The van der Waals surface area contributed by atoms with Gasteiger partial charge in [-0.3, -0.25) is 9.59 Å². The van der Waals surface area contributed by atoms with Crippen LogP contribution in [0.15, 0.2) is 36.4 Å². The smallest absolute Gasteiger partial charge is 0.303 e. The zero-order chi connectivity index (χ0) is 23.9. The lowest BCUT2D eigenvalue weighted by atomic mass is 9.66. The van der Waals surface area contributed by atoms with Crippen LogP contribution in [0.5, 0.6) is 0 Å². The number of fused-ring (bicyclic) bond motifs is 2. The first-order chi connectivity index (χ1) is 15.7. The Balaban J connectivity index is 1.63. The Kier molecular flexibility index (Phi) is 6.43. The van der Waals surface area contributed by atoms with Crippen molar-refractivity contribution in [2.24, 2.45) is 11.7 Å². The van der Waals surface area contributed by atoms with Gasteiger partial charge in [-0.05, 0) is 55.9 Å². The van der Waals surface area contributed by atoms with E-state index in [9.17, 15) is 18.4 Å². The van der Waals surface area contributed by atoms with Crippen LogP contribution in [-0.2, 0) is 20.7 Å². The molecule has 9 heteroatoms. The molecule has 3 atom stereocenters. The molecule has 2 N–H and O–H groups in total. The van der Waals surface area contributed by atoms with E-state index in [1.165, 1.54) is 38.1 Å². The van der Waals surface area contributed by atoms with Crippen LogP contribution in [0.25, 0.3) is 11.3 Å². The zero-order valence-electron chi connectivity index (χ0n) is 18.4. The monoisotopic (exact) mass is 461 g/mol. The first kappa shape index (κ1) is 23.2. The van der Waals surface area contributed by atoms with Gasteiger partial charge in [-0.2, -0.15) is 0 Å². The van der Waals surface area contributed by atoms with E-state index in [-0.39, 0.29) is 41.6 Å². The maximum atomic E-state index is 15.5. The van der Waals surface area contributed by atoms with Crippen LogP contribution in [0.2, 0.25) is 0 Å². The molecule has 2 bridgehead atoms. The standard InChI is InChI=1S/C24H26F3N3O3/c1-12(33-13(2)31)24(32)30-16-9-15(10-16)22(28)20(30)11-14-5-3-6-17(21(14)25)18-7-4-8-19(29-18)23(26)27/h3-8,12,15-16,20,22-23H,9-11,28H2,1-2H3/t12-,15?,16?,20+,22+/m1/s1. The molecule has 6 nitrogen and oxygen atoms in total. The van der Waals surface area contributed by atoms with E-state index >= 15 is 4.39 Å². The highest BCUT2D eigenvalue weighted by atomic mass is 19.3. The average Bonchev–Trinajstić information content (AvgIpc) is 2.74. The Morgan fingerprint density at radius 3 is 2.58 bits per heavy atom. The van der Waals surface area contributed by atoms with Gasteiger partial charge in [0.1, 0.15) is 11.5 Å². The fourth-order valence-corrected chi connectivity index (χ4v) is 4.91. The Labute approximate surface area is 189 Å². The molecule has 3 heterocycles. The van der Waals surface area contributed by atoms with Crippen molar-refractivity contribution in [1.82, 2.24) is 9.88 Å². The highest BCUT2D eigenvalue weighted by molar-refractivity contribution is 5.84. The minimum atomic E-state index is -2.76. The quantitative estimate of drug-likeness (QED) is 0.664. The number of nitrogens with two attached hydrogens (primary N) is 1. The number of piperidine rings is 2. The molecule has 2 aliphatic heterocycles. The molecule has 1 aliphatic carbocycles. The second-order valence-electron chi connectivity index (χ2n) is 8.76. The summed E-state index contributed by atoms with van der Waals surface area (Å²) in [6, 6.07) is 7.94. The van der Waals surface area contributed by atoms with Crippen molar-refractivity contribution in [1.29, 1.82) is 0 Å². The second-order valence-corrected chi connectivity index (χ2v) is 8.76. The SMILES string of the molecule is CC(=O)O[C@H](C)C(=O)N1C2CC(C2)[C@H](N)[C@@H]1Cc1cccc(-c2cccc(C(F)F)n2)c1F. The largest absolute Gasteiger partial charge is 0.453 e. The van der Waals surface area contributed by atoms with E-state index in [1.807, 2.05) is 0 Å². The minimum Gasteiger partial charge on any atom is -0.453 e. The van der Waals surface area contributed by atoms with Gasteiger partial charge in [-0.15, -0.1) is 0 Å². The van der Waals surface area contributed by atoms with Gasteiger partial charge in [0.05, 0.1) is 11.7 Å². The van der Waals surface area contributed by atoms with Crippen LogP contribution in [0.4, 0.5) is 13.2 Å². The van der Waals surface area contributed by atoms with Crippen LogP contribution >= 0.6 is 0 Å². The van der Waals surface area contributed by atoms with Crippen molar-refractivity contribution in [3.8, 4) is 11.3 Å². The summed E-state index contributed by atoms with van der Waals surface area (Å²) in [5.41, 5.74) is 6.58. The number of halogens is 3. The van der Waals surface area contributed by atoms with Gasteiger partial charge in [0.25, 0.3) is 12.3 Å². The number of hydrogen-bond acceptors (Lipinski definition) is 5. The fraction of sp³-hybridized carbons (Fsp3) is 0.458. The summed E-state index contributed by atoms with van der Waals surface area (Å²) < 4.78 is 46.7. The second kappa shape index (κ2) is 9.13. The van der Waals surface area contributed by atoms with Gasteiger partial charge in [-0.25, -0.2) is 18.2 Å². The number of carbonyl (C=O) groups excluding carboxylic acids is 2. The minimum absolute atomic E-state index is 0.0269. The zero-order valence-corrected chi connectivity index (χ0v) is 18.4. The number of nitrogens with zero attached hydrogens (tertiary/aromatic N) is 2. The number of esters is 1. The normalized spacial score (nSPS) is 24.9. The molecule has 2 aromatic rings. The van der Waals surface area contributed by atoms with E-state index < -0.39 is 36.1 Å². The molecule has 0 unspecified atom stereocenters. The Hall–Kier alpha value is -2.94. The van der Waals surface area contributed by atoms with Crippen LogP contribution in [0, 0.1) is 11.7 Å². The molecule has 0 radical (unpaired) electrons. The molecule has 33 heavy (non-hydrogen) atoms. The fourth-order valence-electron chi connectivity index (χ4n) is 4.91. The molecule has 1 saturated carbocycles. The molecule has 0 spiro atoms. The first-order valence-electron chi connectivity index (χ1n) is 10.9. The van der Waals surface area contributed by atoms with Crippen LogP contribution in [0.1, 0.15) is 44.4 Å². The lowest BCUT2D eigenvalue weighted by molar-refractivity contribution is -0.167. The summed E-state index contributed by atoms with van der Waals surface area (Å²) in [4.78, 5) is 30.0. The summed E-state index contributed by atoms with van der Waals surface area (Å²) in [5.74, 6) is -1.25. The van der Waals surface area contributed by atoms with E-state index in [1.54, 1.807) is 17.0 Å².